The molecule has 15 heavy (non-hydrogen) atoms. The average molecular weight is 204 g/mol. The van der Waals surface area contributed by atoms with Crippen molar-refractivity contribution in [3.05, 3.63) is 47.7 Å². The summed E-state index contributed by atoms with van der Waals surface area (Å²) in [7, 11) is 1.67. The van der Waals surface area contributed by atoms with Crippen molar-refractivity contribution >= 4 is 0 Å². The highest BCUT2D eigenvalue weighted by Crippen LogP contribution is 2.10. The van der Waals surface area contributed by atoms with Gasteiger partial charge in [-0.3, -0.25) is 0 Å². The molecule has 0 atom stereocenters. The average Bonchev–Trinajstić information content (AvgIpc) is 2.20. The van der Waals surface area contributed by atoms with Crippen LogP contribution in [0.1, 0.15) is 25.0 Å². The SMILES string of the molecule is COC=CCc1ccc(CC(C)C)cc1. The van der Waals surface area contributed by atoms with Crippen LogP contribution in [0.3, 0.4) is 0 Å². The van der Waals surface area contributed by atoms with Gasteiger partial charge in [-0.05, 0) is 36.0 Å². The molecule has 1 aromatic carbocycles. The van der Waals surface area contributed by atoms with Gasteiger partial charge in [0.05, 0.1) is 13.4 Å². The Labute approximate surface area is 92.8 Å². The third kappa shape index (κ3) is 4.68. The first kappa shape index (κ1) is 11.8. The molecule has 1 rings (SSSR count). The van der Waals surface area contributed by atoms with E-state index in [0.29, 0.717) is 0 Å². The zero-order chi connectivity index (χ0) is 11.1. The molecule has 0 N–H and O–H groups in total. The highest BCUT2D eigenvalue weighted by Gasteiger charge is 1.97. The predicted octanol–water partition coefficient (Wildman–Crippen LogP) is 3.59. The summed E-state index contributed by atoms with van der Waals surface area (Å²) in [6.07, 6.45) is 5.85. The van der Waals surface area contributed by atoms with E-state index in [1.54, 1.807) is 13.4 Å². The predicted molar refractivity (Wildman–Crippen MR) is 64.8 cm³/mol. The number of ether oxygens (including phenoxy) is 1. The lowest BCUT2D eigenvalue weighted by molar-refractivity contribution is 0.337. The maximum absolute atomic E-state index is 4.86. The van der Waals surface area contributed by atoms with E-state index >= 15 is 0 Å². The van der Waals surface area contributed by atoms with Crippen LogP contribution in [0.2, 0.25) is 0 Å². The minimum absolute atomic E-state index is 0.726. The molecule has 1 nitrogen and oxygen atoms in total. The largest absolute Gasteiger partial charge is 0.505 e. The highest BCUT2D eigenvalue weighted by atomic mass is 16.5. The molecule has 0 heterocycles. The summed E-state index contributed by atoms with van der Waals surface area (Å²) in [4.78, 5) is 0. The molecule has 0 saturated carbocycles. The van der Waals surface area contributed by atoms with Gasteiger partial charge >= 0.3 is 0 Å². The number of allylic oxidation sites excluding steroid dienone is 1. The molecule has 0 radical (unpaired) electrons. The fourth-order valence-electron chi connectivity index (χ4n) is 1.56. The number of methoxy groups -OCH3 is 1. The second-order valence-corrected chi connectivity index (χ2v) is 4.23. The Morgan fingerprint density at radius 1 is 1.13 bits per heavy atom. The minimum Gasteiger partial charge on any atom is -0.505 e. The van der Waals surface area contributed by atoms with Gasteiger partial charge in [-0.2, -0.15) is 0 Å². The van der Waals surface area contributed by atoms with Gasteiger partial charge in [0, 0.05) is 0 Å². The van der Waals surface area contributed by atoms with Crippen molar-refractivity contribution in [3.8, 4) is 0 Å². The van der Waals surface area contributed by atoms with Crippen molar-refractivity contribution in [1.29, 1.82) is 0 Å². The lowest BCUT2D eigenvalue weighted by Gasteiger charge is -2.05. The maximum Gasteiger partial charge on any atom is 0.0788 e. The molecular formula is C14H20O. The van der Waals surface area contributed by atoms with Crippen LogP contribution in [0.5, 0.6) is 0 Å². The van der Waals surface area contributed by atoms with E-state index in [4.69, 9.17) is 4.74 Å². The van der Waals surface area contributed by atoms with Gasteiger partial charge < -0.3 is 4.74 Å². The van der Waals surface area contributed by atoms with Crippen molar-refractivity contribution < 1.29 is 4.74 Å². The van der Waals surface area contributed by atoms with Crippen molar-refractivity contribution in [3.63, 3.8) is 0 Å². The fourth-order valence-corrected chi connectivity index (χ4v) is 1.56. The van der Waals surface area contributed by atoms with Crippen LogP contribution < -0.4 is 0 Å². The Hall–Kier alpha value is -1.24. The molecule has 1 aromatic rings. The van der Waals surface area contributed by atoms with Gasteiger partial charge in [-0.25, -0.2) is 0 Å². The maximum atomic E-state index is 4.86. The summed E-state index contributed by atoms with van der Waals surface area (Å²) in [6.45, 7) is 4.49. The Bertz CT molecular complexity index is 296. The van der Waals surface area contributed by atoms with Gasteiger partial charge in [0.1, 0.15) is 0 Å². The van der Waals surface area contributed by atoms with Crippen molar-refractivity contribution in [2.24, 2.45) is 5.92 Å². The normalized spacial score (nSPS) is 11.2. The Balaban J connectivity index is 2.52. The third-order valence-electron chi connectivity index (χ3n) is 2.25. The quantitative estimate of drug-likeness (QED) is 0.666. The number of rotatable bonds is 5. The summed E-state index contributed by atoms with van der Waals surface area (Å²) >= 11 is 0. The molecule has 0 bridgehead atoms. The van der Waals surface area contributed by atoms with Gasteiger partial charge in [0.2, 0.25) is 0 Å². The van der Waals surface area contributed by atoms with Gasteiger partial charge in [-0.15, -0.1) is 0 Å². The van der Waals surface area contributed by atoms with Gasteiger partial charge in [-0.1, -0.05) is 38.1 Å². The zero-order valence-electron chi connectivity index (χ0n) is 9.86. The summed E-state index contributed by atoms with van der Waals surface area (Å²) in [6, 6.07) is 8.82. The van der Waals surface area contributed by atoms with Crippen LogP contribution in [0.4, 0.5) is 0 Å². The van der Waals surface area contributed by atoms with Crippen LogP contribution in [-0.2, 0) is 17.6 Å². The molecule has 0 aromatic heterocycles. The van der Waals surface area contributed by atoms with E-state index in [2.05, 4.69) is 38.1 Å². The van der Waals surface area contributed by atoms with E-state index in [9.17, 15) is 0 Å². The van der Waals surface area contributed by atoms with Crippen LogP contribution in [0.25, 0.3) is 0 Å². The summed E-state index contributed by atoms with van der Waals surface area (Å²) in [5, 5.41) is 0. The lowest BCUT2D eigenvalue weighted by atomic mass is 10.0. The Morgan fingerprint density at radius 3 is 2.27 bits per heavy atom. The Kier molecular flexibility index (Phi) is 4.96. The second kappa shape index (κ2) is 6.28. The number of benzene rings is 1. The summed E-state index contributed by atoms with van der Waals surface area (Å²) < 4.78 is 4.86. The molecule has 1 heteroatoms. The zero-order valence-corrected chi connectivity index (χ0v) is 9.86. The molecular weight excluding hydrogens is 184 g/mol. The van der Waals surface area contributed by atoms with E-state index in [1.807, 2.05) is 6.08 Å². The molecule has 0 aliphatic rings. The van der Waals surface area contributed by atoms with Crippen LogP contribution in [0.15, 0.2) is 36.6 Å². The van der Waals surface area contributed by atoms with E-state index in [0.717, 1.165) is 18.8 Å². The standard InChI is InChI=1S/C14H20O/c1-12(2)11-14-8-6-13(7-9-14)5-4-10-15-3/h4,6-10,12H,5,11H2,1-3H3. The number of hydrogen-bond acceptors (Lipinski definition) is 1. The van der Waals surface area contributed by atoms with Crippen LogP contribution >= 0.6 is 0 Å². The minimum atomic E-state index is 0.726. The molecule has 82 valence electrons. The lowest BCUT2D eigenvalue weighted by Crippen LogP contribution is -1.93. The van der Waals surface area contributed by atoms with Crippen LogP contribution in [0, 0.1) is 5.92 Å². The molecule has 0 unspecified atom stereocenters. The Morgan fingerprint density at radius 2 is 1.73 bits per heavy atom. The van der Waals surface area contributed by atoms with E-state index in [1.165, 1.54) is 11.1 Å². The molecule has 0 saturated heterocycles. The second-order valence-electron chi connectivity index (χ2n) is 4.23. The highest BCUT2D eigenvalue weighted by molar-refractivity contribution is 5.24. The molecule has 0 spiro atoms. The van der Waals surface area contributed by atoms with Crippen LogP contribution in [-0.4, -0.2) is 7.11 Å². The summed E-state index contributed by atoms with van der Waals surface area (Å²) in [5.41, 5.74) is 2.75. The van der Waals surface area contributed by atoms with Crippen molar-refractivity contribution in [2.45, 2.75) is 26.7 Å². The topological polar surface area (TPSA) is 9.23 Å². The molecule has 0 fully saturated rings. The van der Waals surface area contributed by atoms with Gasteiger partial charge in [0.15, 0.2) is 0 Å². The van der Waals surface area contributed by atoms with Crippen molar-refractivity contribution in [2.75, 3.05) is 7.11 Å². The van der Waals surface area contributed by atoms with E-state index in [-0.39, 0.29) is 0 Å². The first-order valence-electron chi connectivity index (χ1n) is 5.48. The van der Waals surface area contributed by atoms with E-state index < -0.39 is 0 Å². The molecule has 0 aliphatic heterocycles. The van der Waals surface area contributed by atoms with Gasteiger partial charge in [0.25, 0.3) is 0 Å². The number of hydrogen-bond donors (Lipinski definition) is 0. The first-order valence-corrected chi connectivity index (χ1v) is 5.48. The molecule has 0 amide bonds. The summed E-state index contributed by atoms with van der Waals surface area (Å²) in [5.74, 6) is 0.726. The first-order chi connectivity index (χ1) is 7.22. The monoisotopic (exact) mass is 204 g/mol. The smallest absolute Gasteiger partial charge is 0.0788 e. The van der Waals surface area contributed by atoms with Crippen molar-refractivity contribution in [1.82, 2.24) is 0 Å². The molecule has 0 aliphatic carbocycles. The fraction of sp³-hybridized carbons (Fsp3) is 0.429. The third-order valence-corrected chi connectivity index (χ3v) is 2.25.